The molecule has 0 saturated heterocycles. The molecule has 0 aliphatic heterocycles. The van der Waals surface area contributed by atoms with Gasteiger partial charge in [-0.1, -0.05) is 13.8 Å². The van der Waals surface area contributed by atoms with E-state index in [1.54, 1.807) is 0 Å². The van der Waals surface area contributed by atoms with Crippen molar-refractivity contribution in [2.45, 2.75) is 26.7 Å². The van der Waals surface area contributed by atoms with Crippen LogP contribution in [-0.4, -0.2) is 5.11 Å². The number of hydrogen-bond acceptors (Lipinski definition) is 1. The van der Waals surface area contributed by atoms with Gasteiger partial charge >= 0.3 is 0 Å². The van der Waals surface area contributed by atoms with Gasteiger partial charge in [-0.3, -0.25) is 0 Å². The van der Waals surface area contributed by atoms with E-state index in [1.807, 2.05) is 6.08 Å². The zero-order valence-corrected chi connectivity index (χ0v) is 5.59. The first-order chi connectivity index (χ1) is 3.85. The molecule has 0 aliphatic rings. The van der Waals surface area contributed by atoms with Crippen molar-refractivity contribution in [1.82, 2.24) is 0 Å². The van der Waals surface area contributed by atoms with Crippen molar-refractivity contribution in [2.24, 2.45) is 5.92 Å². The molecule has 0 aromatic carbocycles. The van der Waals surface area contributed by atoms with E-state index >= 15 is 0 Å². The Balaban J connectivity index is 3.36. The van der Waals surface area contributed by atoms with Crippen LogP contribution >= 0.6 is 0 Å². The summed E-state index contributed by atoms with van der Waals surface area (Å²) >= 11 is 0. The summed E-state index contributed by atoms with van der Waals surface area (Å²) in [6, 6.07) is 0. The molecule has 0 saturated carbocycles. The van der Waals surface area contributed by atoms with E-state index in [2.05, 4.69) is 13.8 Å². The number of allylic oxidation sites excluding steroid dienone is 1. The summed E-state index contributed by atoms with van der Waals surface area (Å²) in [6.45, 7) is 4.24. The molecule has 0 radical (unpaired) electrons. The van der Waals surface area contributed by atoms with E-state index < -0.39 is 0 Å². The van der Waals surface area contributed by atoms with E-state index in [4.69, 9.17) is 5.11 Å². The van der Waals surface area contributed by atoms with E-state index in [0.717, 1.165) is 19.1 Å². The molecule has 0 amide bonds. The molecular weight excluding hydrogens is 100 g/mol. The fraction of sp³-hybridized carbons (Fsp3) is 0.714. The number of aliphatic hydroxyl groups is 1. The van der Waals surface area contributed by atoms with Crippen LogP contribution in [0.2, 0.25) is 0 Å². The lowest BCUT2D eigenvalue weighted by atomic mass is 10.0. The molecule has 48 valence electrons. The second-order valence-electron chi connectivity index (χ2n) is 1.92. The number of aliphatic hydroxyl groups excluding tert-OH is 1. The van der Waals surface area contributed by atoms with Crippen LogP contribution < -0.4 is 0 Å². The van der Waals surface area contributed by atoms with Gasteiger partial charge in [-0.15, -0.1) is 0 Å². The molecular formula is C7H14O. The smallest absolute Gasteiger partial charge is 0.0754 e. The fourth-order valence-corrected chi connectivity index (χ4v) is 0.683. The quantitative estimate of drug-likeness (QED) is 0.559. The van der Waals surface area contributed by atoms with Gasteiger partial charge in [0.15, 0.2) is 0 Å². The van der Waals surface area contributed by atoms with Crippen LogP contribution in [0.5, 0.6) is 0 Å². The van der Waals surface area contributed by atoms with Gasteiger partial charge in [0.2, 0.25) is 0 Å². The second-order valence-corrected chi connectivity index (χ2v) is 1.92. The Kier molecular flexibility index (Phi) is 4.42. The maximum atomic E-state index is 8.32. The first-order valence-electron chi connectivity index (χ1n) is 3.16. The number of rotatable bonds is 3. The van der Waals surface area contributed by atoms with Crippen molar-refractivity contribution in [3.63, 3.8) is 0 Å². The Bertz CT molecular complexity index is 62.8. The largest absolute Gasteiger partial charge is 0.516 e. The van der Waals surface area contributed by atoms with Crippen molar-refractivity contribution in [3.8, 4) is 0 Å². The number of hydrogen-bond donors (Lipinski definition) is 1. The molecule has 0 aromatic heterocycles. The summed E-state index contributed by atoms with van der Waals surface area (Å²) in [5, 5.41) is 8.32. The van der Waals surface area contributed by atoms with E-state index in [0.29, 0.717) is 5.92 Å². The summed E-state index contributed by atoms with van der Waals surface area (Å²) in [5.74, 6) is 0.569. The summed E-state index contributed by atoms with van der Waals surface area (Å²) in [7, 11) is 0. The summed E-state index contributed by atoms with van der Waals surface area (Å²) in [4.78, 5) is 0. The maximum Gasteiger partial charge on any atom is 0.0754 e. The van der Waals surface area contributed by atoms with Crippen molar-refractivity contribution in [3.05, 3.63) is 12.3 Å². The van der Waals surface area contributed by atoms with Gasteiger partial charge in [-0.25, -0.2) is 0 Å². The van der Waals surface area contributed by atoms with Crippen LogP contribution in [0.25, 0.3) is 0 Å². The van der Waals surface area contributed by atoms with Crippen LogP contribution in [0.4, 0.5) is 0 Å². The summed E-state index contributed by atoms with van der Waals surface area (Å²) in [5.41, 5.74) is 0. The molecule has 0 bridgehead atoms. The molecule has 0 heterocycles. The predicted molar refractivity (Wildman–Crippen MR) is 35.8 cm³/mol. The molecule has 1 N–H and O–H groups in total. The van der Waals surface area contributed by atoms with Gasteiger partial charge in [0.25, 0.3) is 0 Å². The molecule has 0 aliphatic carbocycles. The van der Waals surface area contributed by atoms with Gasteiger partial charge < -0.3 is 5.11 Å². The molecule has 1 nitrogen and oxygen atoms in total. The second kappa shape index (κ2) is 4.69. The highest BCUT2D eigenvalue weighted by Gasteiger charge is 1.94. The molecule has 1 heteroatoms. The first kappa shape index (κ1) is 7.54. The Hall–Kier alpha value is -0.460. The average Bonchev–Trinajstić information content (AvgIpc) is 1.83. The zero-order chi connectivity index (χ0) is 6.41. The van der Waals surface area contributed by atoms with Crippen molar-refractivity contribution in [2.75, 3.05) is 0 Å². The highest BCUT2D eigenvalue weighted by Crippen LogP contribution is 2.07. The Morgan fingerprint density at radius 1 is 1.38 bits per heavy atom. The topological polar surface area (TPSA) is 20.2 Å². The molecule has 0 aromatic rings. The minimum absolute atomic E-state index is 0.569. The molecule has 0 atom stereocenters. The minimum atomic E-state index is 0.569. The van der Waals surface area contributed by atoms with Crippen LogP contribution in [0.15, 0.2) is 12.3 Å². The Morgan fingerprint density at radius 3 is 2.00 bits per heavy atom. The van der Waals surface area contributed by atoms with Gasteiger partial charge in [-0.2, -0.15) is 0 Å². The van der Waals surface area contributed by atoms with Crippen molar-refractivity contribution in [1.29, 1.82) is 0 Å². The van der Waals surface area contributed by atoms with E-state index in [-0.39, 0.29) is 0 Å². The van der Waals surface area contributed by atoms with E-state index in [1.165, 1.54) is 0 Å². The fourth-order valence-electron chi connectivity index (χ4n) is 0.683. The molecule has 0 rings (SSSR count). The minimum Gasteiger partial charge on any atom is -0.516 e. The molecule has 8 heavy (non-hydrogen) atoms. The Morgan fingerprint density at radius 2 is 1.88 bits per heavy atom. The third-order valence-corrected chi connectivity index (χ3v) is 1.41. The monoisotopic (exact) mass is 114 g/mol. The molecule has 0 spiro atoms. The third-order valence-electron chi connectivity index (χ3n) is 1.41. The van der Waals surface area contributed by atoms with Crippen LogP contribution in [0, 0.1) is 5.92 Å². The lowest BCUT2D eigenvalue weighted by Crippen LogP contribution is -1.89. The van der Waals surface area contributed by atoms with E-state index in [9.17, 15) is 0 Å². The van der Waals surface area contributed by atoms with Gasteiger partial charge in [0, 0.05) is 0 Å². The highest BCUT2D eigenvalue weighted by molar-refractivity contribution is 4.79. The van der Waals surface area contributed by atoms with Crippen LogP contribution in [-0.2, 0) is 0 Å². The summed E-state index contributed by atoms with van der Waals surface area (Å²) in [6.07, 6.45) is 5.21. The van der Waals surface area contributed by atoms with Crippen molar-refractivity contribution < 1.29 is 5.11 Å². The average molecular weight is 114 g/mol. The predicted octanol–water partition coefficient (Wildman–Crippen LogP) is 2.49. The van der Waals surface area contributed by atoms with Gasteiger partial charge in [0.1, 0.15) is 0 Å². The van der Waals surface area contributed by atoms with Crippen LogP contribution in [0.3, 0.4) is 0 Å². The molecule has 0 fully saturated rings. The highest BCUT2D eigenvalue weighted by atomic mass is 16.2. The van der Waals surface area contributed by atoms with Crippen LogP contribution in [0.1, 0.15) is 26.7 Å². The zero-order valence-electron chi connectivity index (χ0n) is 5.59. The Labute approximate surface area is 51.0 Å². The molecule has 0 unspecified atom stereocenters. The van der Waals surface area contributed by atoms with Crippen molar-refractivity contribution >= 4 is 0 Å². The third kappa shape index (κ3) is 2.67. The first-order valence-corrected chi connectivity index (χ1v) is 3.16. The van der Waals surface area contributed by atoms with Gasteiger partial charge in [0.05, 0.1) is 6.26 Å². The van der Waals surface area contributed by atoms with Gasteiger partial charge in [-0.05, 0) is 24.8 Å². The lowest BCUT2D eigenvalue weighted by molar-refractivity contribution is 0.459. The lowest BCUT2D eigenvalue weighted by Gasteiger charge is -2.01. The normalized spacial score (nSPS) is 11.4. The maximum absolute atomic E-state index is 8.32. The standard InChI is InChI=1S/C7H14O/c1-3-7(4-2)5-6-8/h5-8H,3-4H2,1-2H3. The summed E-state index contributed by atoms with van der Waals surface area (Å²) < 4.78 is 0. The SMILES string of the molecule is CCC(C=CO)CC.